The van der Waals surface area contributed by atoms with E-state index in [0.29, 0.717) is 16.8 Å². The lowest BCUT2D eigenvalue weighted by molar-refractivity contribution is 0.627. The average molecular weight is 477 g/mol. The maximum Gasteiger partial charge on any atom is 0.123 e. The van der Waals surface area contributed by atoms with Crippen LogP contribution in [-0.2, 0) is 0 Å². The van der Waals surface area contributed by atoms with Crippen molar-refractivity contribution in [2.24, 2.45) is 0 Å². The normalized spacial score (nSPS) is 11.3. The van der Waals surface area contributed by atoms with Gasteiger partial charge in [0, 0.05) is 27.2 Å². The Bertz CT molecular complexity index is 2080. The molecule has 0 unspecified atom stereocenters. The molecule has 5 heteroatoms. The summed E-state index contributed by atoms with van der Waals surface area (Å²) in [6.07, 6.45) is 0. The minimum atomic E-state index is -0.288. The summed E-state index contributed by atoms with van der Waals surface area (Å²) in [5.74, 6) is -0.288. The van der Waals surface area contributed by atoms with Crippen LogP contribution in [0.4, 0.5) is 4.39 Å². The number of hydrogen-bond acceptors (Lipinski definition) is 2. The molecule has 0 N–H and O–H groups in total. The third-order valence-electron chi connectivity index (χ3n) is 7.05. The molecule has 2 heterocycles. The van der Waals surface area contributed by atoms with Crippen LogP contribution in [0.25, 0.3) is 55.0 Å². The van der Waals surface area contributed by atoms with Gasteiger partial charge in [0.05, 0.1) is 38.9 Å². The van der Waals surface area contributed by atoms with Crippen LogP contribution in [0, 0.1) is 28.5 Å². The largest absolute Gasteiger partial charge is 0.309 e. The van der Waals surface area contributed by atoms with Crippen LogP contribution in [0.3, 0.4) is 0 Å². The highest BCUT2D eigenvalue weighted by molar-refractivity contribution is 6.19. The Morgan fingerprint density at radius 1 is 0.514 bits per heavy atom. The van der Waals surface area contributed by atoms with Crippen molar-refractivity contribution < 1.29 is 4.39 Å². The number of nitriles is 2. The van der Waals surface area contributed by atoms with Crippen molar-refractivity contribution in [1.82, 2.24) is 9.13 Å². The zero-order valence-corrected chi connectivity index (χ0v) is 19.5. The number of aromatic nitrogens is 2. The molecule has 37 heavy (non-hydrogen) atoms. The summed E-state index contributed by atoms with van der Waals surface area (Å²) in [5.41, 5.74) is 6.06. The van der Waals surface area contributed by atoms with Gasteiger partial charge in [-0.05, 0) is 60.7 Å². The van der Waals surface area contributed by atoms with Crippen molar-refractivity contribution in [2.75, 3.05) is 0 Å². The Morgan fingerprint density at radius 2 is 1.05 bits per heavy atom. The third-order valence-corrected chi connectivity index (χ3v) is 7.05. The zero-order valence-electron chi connectivity index (χ0n) is 19.5. The second-order valence-corrected chi connectivity index (χ2v) is 8.99. The highest BCUT2D eigenvalue weighted by Crippen LogP contribution is 2.40. The van der Waals surface area contributed by atoms with E-state index in [1.165, 1.54) is 12.1 Å². The van der Waals surface area contributed by atoms with Gasteiger partial charge < -0.3 is 9.13 Å². The average Bonchev–Trinajstić information content (AvgIpc) is 3.44. The Labute approximate surface area is 211 Å². The summed E-state index contributed by atoms with van der Waals surface area (Å²) in [6.45, 7) is 0. The van der Waals surface area contributed by atoms with E-state index in [4.69, 9.17) is 0 Å². The van der Waals surface area contributed by atoms with E-state index in [1.54, 1.807) is 30.3 Å². The first-order chi connectivity index (χ1) is 18.2. The van der Waals surface area contributed by atoms with Gasteiger partial charge in [-0.25, -0.2) is 4.39 Å². The van der Waals surface area contributed by atoms with Crippen molar-refractivity contribution in [3.63, 3.8) is 0 Å². The summed E-state index contributed by atoms with van der Waals surface area (Å²) in [5, 5.41) is 24.1. The maximum atomic E-state index is 13.8. The highest BCUT2D eigenvalue weighted by Gasteiger charge is 2.21. The second-order valence-electron chi connectivity index (χ2n) is 8.99. The van der Waals surface area contributed by atoms with Gasteiger partial charge in [-0.2, -0.15) is 10.5 Å². The molecule has 4 nitrogen and oxygen atoms in total. The van der Waals surface area contributed by atoms with E-state index in [9.17, 15) is 14.9 Å². The van der Waals surface area contributed by atoms with Crippen LogP contribution in [-0.4, -0.2) is 9.13 Å². The molecular weight excluding hydrogens is 459 g/mol. The first kappa shape index (κ1) is 20.9. The first-order valence-corrected chi connectivity index (χ1v) is 11.9. The second kappa shape index (κ2) is 7.81. The lowest BCUT2D eigenvalue weighted by Crippen LogP contribution is -2.01. The van der Waals surface area contributed by atoms with Crippen molar-refractivity contribution in [3.05, 3.63) is 120 Å². The topological polar surface area (TPSA) is 57.4 Å². The van der Waals surface area contributed by atoms with Gasteiger partial charge in [0.2, 0.25) is 0 Å². The highest BCUT2D eigenvalue weighted by atomic mass is 19.1. The van der Waals surface area contributed by atoms with Crippen LogP contribution >= 0.6 is 0 Å². The molecule has 0 atom stereocenters. The van der Waals surface area contributed by atoms with Crippen molar-refractivity contribution in [1.29, 1.82) is 10.5 Å². The summed E-state index contributed by atoms with van der Waals surface area (Å²) in [4.78, 5) is 0. The first-order valence-electron chi connectivity index (χ1n) is 11.9. The number of nitrogens with zero attached hydrogens (tertiary/aromatic N) is 4. The fourth-order valence-corrected chi connectivity index (χ4v) is 5.51. The van der Waals surface area contributed by atoms with Crippen molar-refractivity contribution in [2.45, 2.75) is 0 Å². The van der Waals surface area contributed by atoms with Gasteiger partial charge in [-0.3, -0.25) is 0 Å². The number of halogens is 1. The molecule has 0 amide bonds. The molecule has 172 valence electrons. The van der Waals surface area contributed by atoms with E-state index < -0.39 is 0 Å². The van der Waals surface area contributed by atoms with Crippen LogP contribution in [0.15, 0.2) is 103 Å². The number of para-hydroxylation sites is 3. The Kier molecular flexibility index (Phi) is 4.42. The standard InChI is InChI=1S/C32H17FN4/c33-22-12-14-23(15-13-22)36-28-10-3-1-8-24(28)26-16-27-25-9-2-4-11-29(25)37(31(27)17-30(26)36)32-20(18-34)6-5-7-21(32)19-35/h1-17H. The Balaban J connectivity index is 1.71. The van der Waals surface area contributed by atoms with Gasteiger partial charge in [0.15, 0.2) is 0 Å². The molecule has 0 aliphatic carbocycles. The van der Waals surface area contributed by atoms with Gasteiger partial charge in [-0.15, -0.1) is 0 Å². The number of hydrogen-bond donors (Lipinski definition) is 0. The molecule has 7 rings (SSSR count). The van der Waals surface area contributed by atoms with E-state index in [1.807, 2.05) is 34.9 Å². The molecule has 7 aromatic rings. The molecule has 0 saturated heterocycles. The fraction of sp³-hybridized carbons (Fsp3) is 0. The minimum absolute atomic E-state index is 0.288. The molecule has 0 radical (unpaired) electrons. The molecule has 5 aromatic carbocycles. The Hall–Kier alpha value is -5.39. The Morgan fingerprint density at radius 3 is 1.65 bits per heavy atom. The van der Waals surface area contributed by atoms with Gasteiger partial charge in [0.1, 0.15) is 18.0 Å². The summed E-state index contributed by atoms with van der Waals surface area (Å²) in [7, 11) is 0. The predicted molar refractivity (Wildman–Crippen MR) is 145 cm³/mol. The smallest absolute Gasteiger partial charge is 0.123 e. The molecule has 0 aliphatic heterocycles. The number of benzene rings is 5. The van der Waals surface area contributed by atoms with Crippen LogP contribution in [0.5, 0.6) is 0 Å². The monoisotopic (exact) mass is 476 g/mol. The van der Waals surface area contributed by atoms with Crippen LogP contribution in [0.2, 0.25) is 0 Å². The maximum absolute atomic E-state index is 13.8. The third kappa shape index (κ3) is 2.92. The van der Waals surface area contributed by atoms with E-state index in [-0.39, 0.29) is 5.82 Å². The van der Waals surface area contributed by atoms with Crippen molar-refractivity contribution >= 4 is 43.6 Å². The molecule has 0 saturated carbocycles. The molecule has 0 fully saturated rings. The van der Waals surface area contributed by atoms with E-state index >= 15 is 0 Å². The summed E-state index contributed by atoms with van der Waals surface area (Å²) >= 11 is 0. The molecular formula is C32H17FN4. The van der Waals surface area contributed by atoms with Crippen LogP contribution in [0.1, 0.15) is 11.1 Å². The number of fused-ring (bicyclic) bond motifs is 6. The molecule has 2 aromatic heterocycles. The minimum Gasteiger partial charge on any atom is -0.309 e. The van der Waals surface area contributed by atoms with E-state index in [2.05, 4.69) is 47.0 Å². The fourth-order valence-electron chi connectivity index (χ4n) is 5.51. The molecule has 0 bridgehead atoms. The molecule has 0 aliphatic rings. The van der Waals surface area contributed by atoms with Gasteiger partial charge >= 0.3 is 0 Å². The van der Waals surface area contributed by atoms with Crippen molar-refractivity contribution in [3.8, 4) is 23.5 Å². The summed E-state index contributed by atoms with van der Waals surface area (Å²) in [6, 6.07) is 36.8. The van der Waals surface area contributed by atoms with E-state index in [0.717, 1.165) is 49.3 Å². The lowest BCUT2D eigenvalue weighted by atomic mass is 10.1. The van der Waals surface area contributed by atoms with Gasteiger partial charge in [0.25, 0.3) is 0 Å². The van der Waals surface area contributed by atoms with Crippen LogP contribution < -0.4 is 0 Å². The predicted octanol–water partition coefficient (Wildman–Crippen LogP) is 7.76. The number of rotatable bonds is 2. The lowest BCUT2D eigenvalue weighted by Gasteiger charge is -2.12. The SMILES string of the molecule is N#Cc1cccc(C#N)c1-n1c2ccccc2c2cc3c4ccccc4n(-c4ccc(F)cc4)c3cc21. The quantitative estimate of drug-likeness (QED) is 0.256. The molecule has 0 spiro atoms. The van der Waals surface area contributed by atoms with Gasteiger partial charge in [-0.1, -0.05) is 42.5 Å². The zero-order chi connectivity index (χ0) is 25.1. The summed E-state index contributed by atoms with van der Waals surface area (Å²) < 4.78 is 18.0.